The van der Waals surface area contributed by atoms with Gasteiger partial charge in [0.05, 0.1) is 24.2 Å². The molecule has 0 atom stereocenters. The first-order valence-electron chi connectivity index (χ1n) is 10.4. The van der Waals surface area contributed by atoms with Crippen LogP contribution >= 0.6 is 0 Å². The number of para-hydroxylation sites is 2. The van der Waals surface area contributed by atoms with Crippen molar-refractivity contribution in [1.82, 2.24) is 0 Å². The van der Waals surface area contributed by atoms with Gasteiger partial charge in [0.15, 0.2) is 0 Å². The largest absolute Gasteiger partial charge is 0.467 e. The molecule has 1 heterocycles. The fourth-order valence-corrected chi connectivity index (χ4v) is 5.38. The summed E-state index contributed by atoms with van der Waals surface area (Å²) in [7, 11) is -7.12. The molecule has 0 fully saturated rings. The molecule has 9 nitrogen and oxygen atoms in total. The lowest BCUT2D eigenvalue weighted by Gasteiger charge is -2.24. The molecule has 0 saturated carbocycles. The third-order valence-electron chi connectivity index (χ3n) is 5.12. The van der Waals surface area contributed by atoms with E-state index in [-0.39, 0.29) is 33.5 Å². The molecule has 0 amide bonds. The fourth-order valence-electron chi connectivity index (χ4n) is 3.42. The Hall–Kier alpha value is -3.80. The van der Waals surface area contributed by atoms with E-state index in [9.17, 15) is 16.8 Å². The SMILES string of the molecule is CN(c1ccccc1)c1cc(NCc2ccco2)c(S(=O)(=O)Oc2ccccc2)cc1S(N)(=O)=O. The van der Waals surface area contributed by atoms with Gasteiger partial charge in [0.25, 0.3) is 0 Å². The average molecular weight is 514 g/mol. The summed E-state index contributed by atoms with van der Waals surface area (Å²) in [6, 6.07) is 22.7. The summed E-state index contributed by atoms with van der Waals surface area (Å²) in [4.78, 5) is 0.844. The Bertz CT molecular complexity index is 1510. The molecule has 0 bridgehead atoms. The van der Waals surface area contributed by atoms with E-state index < -0.39 is 20.1 Å². The summed E-state index contributed by atoms with van der Waals surface area (Å²) in [6.07, 6.45) is 1.49. The van der Waals surface area contributed by atoms with Crippen LogP contribution < -0.4 is 19.5 Å². The molecule has 0 spiro atoms. The van der Waals surface area contributed by atoms with Crippen molar-refractivity contribution in [3.8, 4) is 5.75 Å². The van der Waals surface area contributed by atoms with E-state index in [1.807, 2.05) is 6.07 Å². The highest BCUT2D eigenvalue weighted by atomic mass is 32.2. The molecule has 4 rings (SSSR count). The number of furan rings is 1. The zero-order valence-electron chi connectivity index (χ0n) is 18.7. The fraction of sp³-hybridized carbons (Fsp3) is 0.0833. The van der Waals surface area contributed by atoms with Gasteiger partial charge >= 0.3 is 10.1 Å². The van der Waals surface area contributed by atoms with Gasteiger partial charge in [-0.1, -0.05) is 36.4 Å². The maximum atomic E-state index is 13.3. The van der Waals surface area contributed by atoms with Crippen LogP contribution in [0.15, 0.2) is 105 Å². The smallest absolute Gasteiger partial charge is 0.341 e. The zero-order valence-corrected chi connectivity index (χ0v) is 20.3. The summed E-state index contributed by atoms with van der Waals surface area (Å²) >= 11 is 0. The van der Waals surface area contributed by atoms with E-state index >= 15 is 0 Å². The normalized spacial score (nSPS) is 11.7. The summed E-state index contributed by atoms with van der Waals surface area (Å²) in [5.41, 5.74) is 0.965. The van der Waals surface area contributed by atoms with Crippen molar-refractivity contribution in [1.29, 1.82) is 0 Å². The van der Waals surface area contributed by atoms with Crippen molar-refractivity contribution in [2.45, 2.75) is 16.3 Å². The molecule has 0 aliphatic heterocycles. The van der Waals surface area contributed by atoms with Crippen LogP contribution in [0, 0.1) is 0 Å². The molecule has 0 aliphatic rings. The number of nitrogens with one attached hydrogen (secondary N) is 1. The van der Waals surface area contributed by atoms with E-state index in [1.165, 1.54) is 24.5 Å². The Morgan fingerprint density at radius 3 is 2.14 bits per heavy atom. The van der Waals surface area contributed by atoms with Gasteiger partial charge in [0.2, 0.25) is 10.0 Å². The van der Waals surface area contributed by atoms with Crippen LogP contribution in [0.2, 0.25) is 0 Å². The number of nitrogens with zero attached hydrogens (tertiary/aromatic N) is 1. The molecule has 11 heteroatoms. The lowest BCUT2D eigenvalue weighted by Crippen LogP contribution is -2.21. The average Bonchev–Trinajstić information content (AvgIpc) is 3.36. The second-order valence-corrected chi connectivity index (χ2v) is 10.6. The number of hydrogen-bond donors (Lipinski definition) is 2. The number of nitrogens with two attached hydrogens (primary N) is 1. The standard InChI is InChI=1S/C24H23N3O6S2/c1-27(18-9-4-2-5-10-18)22-15-21(26-17-20-13-8-14-32-20)23(16-24(22)34(25,28)29)35(30,31)33-19-11-6-3-7-12-19/h2-16,26H,17H2,1H3,(H2,25,28,29). The topological polar surface area (TPSA) is 132 Å². The summed E-state index contributed by atoms with van der Waals surface area (Å²) in [5, 5.41) is 8.53. The van der Waals surface area contributed by atoms with Crippen LogP contribution in [-0.4, -0.2) is 23.9 Å². The van der Waals surface area contributed by atoms with E-state index in [4.69, 9.17) is 13.7 Å². The molecule has 35 heavy (non-hydrogen) atoms. The summed E-state index contributed by atoms with van der Waals surface area (Å²) in [6.45, 7) is 0.143. The quantitative estimate of drug-likeness (QED) is 0.320. The van der Waals surface area contributed by atoms with Crippen LogP contribution in [0.1, 0.15) is 5.76 Å². The van der Waals surface area contributed by atoms with Gasteiger partial charge in [0.1, 0.15) is 21.3 Å². The maximum absolute atomic E-state index is 13.3. The Labute approximate surface area is 203 Å². The van der Waals surface area contributed by atoms with Crippen LogP contribution in [0.3, 0.4) is 0 Å². The van der Waals surface area contributed by atoms with Crippen LogP contribution in [0.4, 0.5) is 17.1 Å². The monoisotopic (exact) mass is 513 g/mol. The van der Waals surface area contributed by atoms with Gasteiger partial charge in [0, 0.05) is 12.7 Å². The van der Waals surface area contributed by atoms with Crippen molar-refractivity contribution in [2.24, 2.45) is 5.14 Å². The molecule has 1 aromatic heterocycles. The second-order valence-electron chi connectivity index (χ2n) is 7.54. The van der Waals surface area contributed by atoms with Crippen molar-refractivity contribution >= 4 is 37.2 Å². The predicted molar refractivity (Wildman–Crippen MR) is 133 cm³/mol. The van der Waals surface area contributed by atoms with E-state index in [0.717, 1.165) is 6.07 Å². The predicted octanol–water partition coefficient (Wildman–Crippen LogP) is 4.07. The van der Waals surface area contributed by atoms with Gasteiger partial charge in [-0.3, -0.25) is 0 Å². The second kappa shape index (κ2) is 9.82. The molecule has 4 aromatic rings. The van der Waals surface area contributed by atoms with Crippen LogP contribution in [-0.2, 0) is 26.7 Å². The molecule has 0 unspecified atom stereocenters. The minimum atomic E-state index is -4.46. The third-order valence-corrected chi connectivity index (χ3v) is 7.35. The lowest BCUT2D eigenvalue weighted by atomic mass is 10.2. The maximum Gasteiger partial charge on any atom is 0.341 e. The number of sulfonamides is 1. The Balaban J connectivity index is 1.87. The first-order chi connectivity index (χ1) is 16.6. The van der Waals surface area contributed by atoms with E-state index in [2.05, 4.69) is 5.32 Å². The number of rotatable bonds is 9. The highest BCUT2D eigenvalue weighted by molar-refractivity contribution is 7.89. The van der Waals surface area contributed by atoms with Crippen LogP contribution in [0.25, 0.3) is 0 Å². The van der Waals surface area contributed by atoms with Crippen LogP contribution in [0.5, 0.6) is 5.75 Å². The first kappa shape index (κ1) is 24.3. The van der Waals surface area contributed by atoms with Gasteiger partial charge in [-0.2, -0.15) is 8.42 Å². The highest BCUT2D eigenvalue weighted by Crippen LogP contribution is 2.37. The summed E-state index contributed by atoms with van der Waals surface area (Å²) < 4.78 is 62.3. The number of anilines is 3. The van der Waals surface area contributed by atoms with Gasteiger partial charge < -0.3 is 18.8 Å². The number of hydrogen-bond acceptors (Lipinski definition) is 8. The van der Waals surface area contributed by atoms with Crippen molar-refractivity contribution in [3.63, 3.8) is 0 Å². The Kier molecular flexibility index (Phi) is 6.83. The molecule has 0 aliphatic carbocycles. The van der Waals surface area contributed by atoms with E-state index in [1.54, 1.807) is 66.5 Å². The molecule has 182 valence electrons. The molecule has 0 radical (unpaired) electrons. The lowest BCUT2D eigenvalue weighted by molar-refractivity contribution is 0.486. The molecular weight excluding hydrogens is 490 g/mol. The first-order valence-corrected chi connectivity index (χ1v) is 13.4. The summed E-state index contributed by atoms with van der Waals surface area (Å²) in [5.74, 6) is 0.623. The Morgan fingerprint density at radius 2 is 1.54 bits per heavy atom. The van der Waals surface area contributed by atoms with Crippen molar-refractivity contribution in [2.75, 3.05) is 17.3 Å². The molecule has 3 N–H and O–H groups in total. The minimum absolute atomic E-state index is 0.0760. The van der Waals surface area contributed by atoms with Gasteiger partial charge in [-0.15, -0.1) is 0 Å². The van der Waals surface area contributed by atoms with Crippen molar-refractivity contribution in [3.05, 3.63) is 97.0 Å². The zero-order chi connectivity index (χ0) is 25.1. The number of benzene rings is 3. The number of primary sulfonamides is 1. The van der Waals surface area contributed by atoms with Gasteiger partial charge in [-0.05, 0) is 48.5 Å². The third kappa shape index (κ3) is 5.65. The minimum Gasteiger partial charge on any atom is -0.467 e. The molecule has 0 saturated heterocycles. The molecule has 3 aromatic carbocycles. The Morgan fingerprint density at radius 1 is 0.886 bits per heavy atom. The van der Waals surface area contributed by atoms with Crippen molar-refractivity contribution < 1.29 is 25.4 Å². The van der Waals surface area contributed by atoms with Gasteiger partial charge in [-0.25, -0.2) is 13.6 Å². The van der Waals surface area contributed by atoms with E-state index in [0.29, 0.717) is 11.4 Å². The molecular formula is C24H23N3O6S2. The highest BCUT2D eigenvalue weighted by Gasteiger charge is 2.28.